The summed E-state index contributed by atoms with van der Waals surface area (Å²) in [6.07, 6.45) is 0. The van der Waals surface area contributed by atoms with E-state index >= 15 is 0 Å². The number of nitrogens with one attached hydrogen (secondary N) is 2. The minimum atomic E-state index is -0.552. The third-order valence-corrected chi connectivity index (χ3v) is 4.20. The molecule has 0 aliphatic heterocycles. The molecule has 0 spiro atoms. The first kappa shape index (κ1) is 18.7. The zero-order chi connectivity index (χ0) is 19.4. The van der Waals surface area contributed by atoms with E-state index in [9.17, 15) is 14.4 Å². The van der Waals surface area contributed by atoms with Crippen LogP contribution in [0.4, 0.5) is 5.69 Å². The predicted octanol–water partition coefficient (Wildman–Crippen LogP) is 3.35. The summed E-state index contributed by atoms with van der Waals surface area (Å²) in [6.45, 7) is -0.236. The number of hydrogen-bond acceptors (Lipinski definition) is 5. The first-order valence-corrected chi connectivity index (χ1v) is 8.71. The first-order valence-electron chi connectivity index (χ1n) is 7.92. The van der Waals surface area contributed by atoms with Gasteiger partial charge in [0.15, 0.2) is 5.76 Å². The Bertz CT molecular complexity index is 1030. The number of methoxy groups -OCH3 is 1. The van der Waals surface area contributed by atoms with Gasteiger partial charge in [-0.2, -0.15) is 0 Å². The van der Waals surface area contributed by atoms with E-state index in [0.29, 0.717) is 16.8 Å². The van der Waals surface area contributed by atoms with Gasteiger partial charge < -0.3 is 19.8 Å². The van der Waals surface area contributed by atoms with Crippen molar-refractivity contribution in [2.45, 2.75) is 0 Å². The molecule has 0 unspecified atom stereocenters. The van der Waals surface area contributed by atoms with Gasteiger partial charge in [0.2, 0.25) is 0 Å². The van der Waals surface area contributed by atoms with Crippen molar-refractivity contribution in [3.8, 4) is 0 Å². The van der Waals surface area contributed by atoms with Crippen LogP contribution in [0.2, 0.25) is 0 Å². The number of halogens is 1. The normalized spacial score (nSPS) is 10.4. The van der Waals surface area contributed by atoms with Gasteiger partial charge in [-0.3, -0.25) is 14.4 Å². The molecule has 0 atom stereocenters. The molecule has 0 bridgehead atoms. The highest BCUT2D eigenvalue weighted by atomic mass is 79.9. The standard InChI is InChI=1S/C19H15BrN2O5/c1-26-17(23)10-21-18(24)11-3-2-4-14(8-11)22-19(25)16-9-12-7-13(20)5-6-15(12)27-16/h2-9H,10H2,1H3,(H,21,24)(H,22,25). The zero-order valence-electron chi connectivity index (χ0n) is 14.2. The average molecular weight is 431 g/mol. The van der Waals surface area contributed by atoms with Crippen LogP contribution in [-0.2, 0) is 9.53 Å². The Kier molecular flexibility index (Phi) is 5.56. The molecule has 8 heteroatoms. The van der Waals surface area contributed by atoms with Crippen LogP contribution in [0.15, 0.2) is 57.4 Å². The Morgan fingerprint density at radius 1 is 1.07 bits per heavy atom. The number of anilines is 1. The molecule has 3 rings (SSSR count). The van der Waals surface area contributed by atoms with Crippen LogP contribution in [0.1, 0.15) is 20.9 Å². The fraction of sp³-hybridized carbons (Fsp3) is 0.105. The maximum Gasteiger partial charge on any atom is 0.325 e. The van der Waals surface area contributed by atoms with Crippen molar-refractivity contribution in [3.63, 3.8) is 0 Å². The summed E-state index contributed by atoms with van der Waals surface area (Å²) < 4.78 is 10.9. The van der Waals surface area contributed by atoms with Gasteiger partial charge in [-0.15, -0.1) is 0 Å². The second-order valence-corrected chi connectivity index (χ2v) is 6.50. The number of fused-ring (bicyclic) bond motifs is 1. The summed E-state index contributed by atoms with van der Waals surface area (Å²) in [6, 6.07) is 13.4. The molecule has 2 N–H and O–H groups in total. The summed E-state index contributed by atoms with van der Waals surface area (Å²) in [5.74, 6) is -1.28. The molecular weight excluding hydrogens is 416 g/mol. The molecule has 0 aliphatic carbocycles. The van der Waals surface area contributed by atoms with E-state index in [4.69, 9.17) is 4.42 Å². The lowest BCUT2D eigenvalue weighted by Crippen LogP contribution is -2.30. The van der Waals surface area contributed by atoms with Crippen LogP contribution in [0.5, 0.6) is 0 Å². The molecule has 27 heavy (non-hydrogen) atoms. The highest BCUT2D eigenvalue weighted by Gasteiger charge is 2.14. The van der Waals surface area contributed by atoms with Crippen LogP contribution in [-0.4, -0.2) is 31.4 Å². The largest absolute Gasteiger partial charge is 0.468 e. The van der Waals surface area contributed by atoms with Crippen molar-refractivity contribution in [2.24, 2.45) is 0 Å². The van der Waals surface area contributed by atoms with Crippen LogP contribution in [0.25, 0.3) is 11.0 Å². The van der Waals surface area contributed by atoms with Gasteiger partial charge in [-0.25, -0.2) is 0 Å². The summed E-state index contributed by atoms with van der Waals surface area (Å²) in [5, 5.41) is 5.92. The SMILES string of the molecule is COC(=O)CNC(=O)c1cccc(NC(=O)c2cc3cc(Br)ccc3o2)c1. The highest BCUT2D eigenvalue weighted by Crippen LogP contribution is 2.24. The Balaban J connectivity index is 1.72. The lowest BCUT2D eigenvalue weighted by atomic mass is 10.2. The van der Waals surface area contributed by atoms with Crippen LogP contribution in [0, 0.1) is 0 Å². The maximum absolute atomic E-state index is 12.4. The van der Waals surface area contributed by atoms with Gasteiger partial charge in [0.25, 0.3) is 11.8 Å². The summed E-state index contributed by atoms with van der Waals surface area (Å²) in [4.78, 5) is 35.6. The molecule has 0 saturated heterocycles. The molecule has 1 aromatic heterocycles. The van der Waals surface area contributed by atoms with Crippen molar-refractivity contribution in [1.29, 1.82) is 0 Å². The molecule has 0 fully saturated rings. The van der Waals surface area contributed by atoms with Crippen molar-refractivity contribution in [2.75, 3.05) is 19.0 Å². The van der Waals surface area contributed by atoms with Crippen molar-refractivity contribution >= 4 is 50.4 Å². The molecule has 7 nitrogen and oxygen atoms in total. The highest BCUT2D eigenvalue weighted by molar-refractivity contribution is 9.10. The fourth-order valence-electron chi connectivity index (χ4n) is 2.38. The Labute approximate surface area is 162 Å². The Hall–Kier alpha value is -3.13. The molecule has 2 amide bonds. The number of furan rings is 1. The van der Waals surface area contributed by atoms with Gasteiger partial charge in [0.1, 0.15) is 12.1 Å². The van der Waals surface area contributed by atoms with Gasteiger partial charge >= 0.3 is 5.97 Å². The number of hydrogen-bond donors (Lipinski definition) is 2. The number of carbonyl (C=O) groups excluding carboxylic acids is 3. The van der Waals surface area contributed by atoms with E-state index in [1.807, 2.05) is 12.1 Å². The topological polar surface area (TPSA) is 97.6 Å². The number of carbonyl (C=O) groups is 3. The van der Waals surface area contributed by atoms with Gasteiger partial charge in [-0.05, 0) is 42.5 Å². The van der Waals surface area contributed by atoms with Crippen molar-refractivity contribution in [3.05, 3.63) is 64.3 Å². The Morgan fingerprint density at radius 2 is 1.89 bits per heavy atom. The quantitative estimate of drug-likeness (QED) is 0.604. The number of rotatable bonds is 5. The predicted molar refractivity (Wildman–Crippen MR) is 103 cm³/mol. The van der Waals surface area contributed by atoms with Crippen molar-refractivity contribution in [1.82, 2.24) is 5.32 Å². The summed E-state index contributed by atoms with van der Waals surface area (Å²) in [5.41, 5.74) is 1.32. The zero-order valence-corrected chi connectivity index (χ0v) is 15.8. The molecule has 3 aromatic rings. The fourth-order valence-corrected chi connectivity index (χ4v) is 2.76. The molecule has 0 saturated carbocycles. The second kappa shape index (κ2) is 8.05. The smallest absolute Gasteiger partial charge is 0.325 e. The number of esters is 1. The number of amides is 2. The third kappa shape index (κ3) is 4.53. The van der Waals surface area contributed by atoms with E-state index in [2.05, 4.69) is 31.3 Å². The second-order valence-electron chi connectivity index (χ2n) is 5.59. The minimum absolute atomic E-state index is 0.156. The van der Waals surface area contributed by atoms with Gasteiger partial charge in [0, 0.05) is 21.1 Å². The lowest BCUT2D eigenvalue weighted by molar-refractivity contribution is -0.139. The number of ether oxygens (including phenoxy) is 1. The minimum Gasteiger partial charge on any atom is -0.468 e. The van der Waals surface area contributed by atoms with E-state index < -0.39 is 17.8 Å². The van der Waals surface area contributed by atoms with E-state index in [0.717, 1.165) is 9.86 Å². The molecule has 138 valence electrons. The average Bonchev–Trinajstić information content (AvgIpc) is 3.09. The van der Waals surface area contributed by atoms with E-state index in [1.54, 1.807) is 30.3 Å². The van der Waals surface area contributed by atoms with Crippen LogP contribution < -0.4 is 10.6 Å². The maximum atomic E-state index is 12.4. The van der Waals surface area contributed by atoms with E-state index in [-0.39, 0.29) is 12.3 Å². The van der Waals surface area contributed by atoms with Crippen LogP contribution >= 0.6 is 15.9 Å². The van der Waals surface area contributed by atoms with Gasteiger partial charge in [0.05, 0.1) is 7.11 Å². The van der Waals surface area contributed by atoms with Crippen LogP contribution in [0.3, 0.4) is 0 Å². The molecular formula is C19H15BrN2O5. The molecule has 1 heterocycles. The summed E-state index contributed by atoms with van der Waals surface area (Å²) >= 11 is 3.37. The Morgan fingerprint density at radius 3 is 2.67 bits per heavy atom. The van der Waals surface area contributed by atoms with Crippen molar-refractivity contribution < 1.29 is 23.5 Å². The first-order chi connectivity index (χ1) is 13.0. The monoisotopic (exact) mass is 430 g/mol. The summed E-state index contributed by atoms with van der Waals surface area (Å²) in [7, 11) is 1.24. The van der Waals surface area contributed by atoms with Gasteiger partial charge in [-0.1, -0.05) is 22.0 Å². The number of benzene rings is 2. The molecule has 2 aromatic carbocycles. The van der Waals surface area contributed by atoms with E-state index in [1.165, 1.54) is 13.2 Å². The molecule has 0 radical (unpaired) electrons. The molecule has 0 aliphatic rings. The third-order valence-electron chi connectivity index (χ3n) is 3.71. The lowest BCUT2D eigenvalue weighted by Gasteiger charge is -2.07.